The van der Waals surface area contributed by atoms with Gasteiger partial charge in [-0.3, -0.25) is 0 Å². The maximum Gasteiger partial charge on any atom is 0.102 e. The van der Waals surface area contributed by atoms with E-state index in [0.717, 1.165) is 9.90 Å². The van der Waals surface area contributed by atoms with E-state index in [9.17, 15) is 0 Å². The van der Waals surface area contributed by atoms with Crippen molar-refractivity contribution < 1.29 is 0 Å². The van der Waals surface area contributed by atoms with E-state index < -0.39 is 0 Å². The number of hydrogen-bond donors (Lipinski definition) is 0. The second-order valence-electron chi connectivity index (χ2n) is 2.46. The molecule has 0 aliphatic carbocycles. The minimum Gasteiger partial charge on any atom is -0.248 e. The second kappa shape index (κ2) is 3.77. The van der Waals surface area contributed by atoms with Gasteiger partial charge in [-0.1, -0.05) is 11.6 Å². The van der Waals surface area contributed by atoms with Crippen molar-refractivity contribution in [3.05, 3.63) is 45.9 Å². The number of halogens is 1. The lowest BCUT2D eigenvalue weighted by Gasteiger charge is -1.90. The average Bonchev–Trinajstić information content (AvgIpc) is 2.72. The van der Waals surface area contributed by atoms with Gasteiger partial charge >= 0.3 is 0 Å². The monoisotopic (exact) mass is 210 g/mol. The van der Waals surface area contributed by atoms with Crippen LogP contribution in [-0.2, 0) is 0 Å². The molecule has 0 saturated heterocycles. The van der Waals surface area contributed by atoms with Gasteiger partial charge in [-0.05, 0) is 23.6 Å². The number of aromatic nitrogens is 1. The van der Waals surface area contributed by atoms with Crippen LogP contribution in [0.4, 0.5) is 0 Å². The number of hydrogen-bond acceptors (Lipinski definition) is 2. The summed E-state index contributed by atoms with van der Waals surface area (Å²) in [5.41, 5.74) is 0.959. The molecule has 0 amide bonds. The first-order chi connectivity index (χ1) is 6.36. The fourth-order valence-corrected chi connectivity index (χ4v) is 1.78. The molecule has 0 atom stereocenters. The fraction of sp³-hybridized carbons (Fsp3) is 0. The predicted octanol–water partition coefficient (Wildman–Crippen LogP) is 3.09. The summed E-state index contributed by atoms with van der Waals surface area (Å²) in [6.07, 6.45) is 5.49. The Hall–Kier alpha value is -1.06. The van der Waals surface area contributed by atoms with Gasteiger partial charge in [0.05, 0.1) is 6.21 Å². The maximum atomic E-state index is 5.90. The molecule has 0 unspecified atom stereocenters. The standard InChI is InChI=1S/C9H7ClN2S/c10-9-8(3-6-13-9)7-11-12-4-1-2-5-12/h1-7H/b11-7+. The fourth-order valence-electron chi connectivity index (χ4n) is 0.926. The summed E-state index contributed by atoms with van der Waals surface area (Å²) >= 11 is 7.40. The molecule has 0 N–H and O–H groups in total. The van der Waals surface area contributed by atoms with Crippen molar-refractivity contribution in [2.75, 3.05) is 0 Å². The Kier molecular flexibility index (Phi) is 2.47. The predicted molar refractivity (Wildman–Crippen MR) is 56.8 cm³/mol. The Morgan fingerprint density at radius 1 is 1.38 bits per heavy atom. The molecule has 0 spiro atoms. The van der Waals surface area contributed by atoms with Crippen molar-refractivity contribution in [1.29, 1.82) is 0 Å². The van der Waals surface area contributed by atoms with Gasteiger partial charge in [0.25, 0.3) is 0 Å². The first-order valence-electron chi connectivity index (χ1n) is 3.76. The van der Waals surface area contributed by atoms with Crippen LogP contribution < -0.4 is 0 Å². The molecule has 2 heterocycles. The highest BCUT2D eigenvalue weighted by molar-refractivity contribution is 7.14. The van der Waals surface area contributed by atoms with Gasteiger partial charge in [-0.15, -0.1) is 11.3 Å². The van der Waals surface area contributed by atoms with E-state index in [-0.39, 0.29) is 0 Å². The molecule has 0 aromatic carbocycles. The molecule has 0 bridgehead atoms. The van der Waals surface area contributed by atoms with Crippen LogP contribution in [0.5, 0.6) is 0 Å². The lowest BCUT2D eigenvalue weighted by Crippen LogP contribution is -1.84. The second-order valence-corrected chi connectivity index (χ2v) is 3.98. The lowest BCUT2D eigenvalue weighted by atomic mass is 10.4. The summed E-state index contributed by atoms with van der Waals surface area (Å²) < 4.78 is 2.50. The van der Waals surface area contributed by atoms with Crippen LogP contribution in [0.1, 0.15) is 5.56 Å². The van der Waals surface area contributed by atoms with Crippen molar-refractivity contribution in [2.24, 2.45) is 5.10 Å². The highest BCUT2D eigenvalue weighted by atomic mass is 35.5. The summed E-state index contributed by atoms with van der Waals surface area (Å²) in [6, 6.07) is 5.79. The Morgan fingerprint density at radius 2 is 2.15 bits per heavy atom. The van der Waals surface area contributed by atoms with Gasteiger partial charge in [0.15, 0.2) is 0 Å². The normalized spacial score (nSPS) is 11.2. The molecule has 2 aromatic rings. The van der Waals surface area contributed by atoms with E-state index >= 15 is 0 Å². The molecule has 4 heteroatoms. The summed E-state index contributed by atoms with van der Waals surface area (Å²) in [7, 11) is 0. The molecular formula is C9H7ClN2S. The zero-order valence-electron chi connectivity index (χ0n) is 6.72. The largest absolute Gasteiger partial charge is 0.248 e. The first kappa shape index (κ1) is 8.53. The summed E-state index contributed by atoms with van der Waals surface area (Å²) in [6.45, 7) is 0. The third-order valence-corrected chi connectivity index (χ3v) is 2.77. The number of nitrogens with zero attached hydrogens (tertiary/aromatic N) is 2. The van der Waals surface area contributed by atoms with Crippen LogP contribution in [0.15, 0.2) is 41.1 Å². The van der Waals surface area contributed by atoms with E-state index in [1.807, 2.05) is 36.0 Å². The van der Waals surface area contributed by atoms with E-state index in [4.69, 9.17) is 11.6 Å². The Bertz CT molecular complexity index is 403. The highest BCUT2D eigenvalue weighted by Gasteiger charge is 1.96. The SMILES string of the molecule is Clc1sccc1/C=N/n1cccc1. The van der Waals surface area contributed by atoms with Gasteiger partial charge in [-0.2, -0.15) is 5.10 Å². The van der Waals surface area contributed by atoms with Crippen LogP contribution in [0.25, 0.3) is 0 Å². The van der Waals surface area contributed by atoms with Crippen molar-refractivity contribution in [3.8, 4) is 0 Å². The van der Waals surface area contributed by atoms with Crippen LogP contribution in [0.3, 0.4) is 0 Å². The quantitative estimate of drug-likeness (QED) is 0.678. The molecule has 0 saturated carbocycles. The molecule has 2 aromatic heterocycles. The molecule has 0 aliphatic rings. The zero-order chi connectivity index (χ0) is 9.10. The van der Waals surface area contributed by atoms with E-state index in [1.54, 1.807) is 10.9 Å². The van der Waals surface area contributed by atoms with Crippen molar-refractivity contribution >= 4 is 29.2 Å². The van der Waals surface area contributed by atoms with E-state index in [2.05, 4.69) is 5.10 Å². The van der Waals surface area contributed by atoms with Crippen molar-refractivity contribution in [3.63, 3.8) is 0 Å². The molecule has 0 radical (unpaired) electrons. The van der Waals surface area contributed by atoms with Gasteiger partial charge in [0, 0.05) is 18.0 Å². The molecule has 0 fully saturated rings. The number of thiophene rings is 1. The minimum absolute atomic E-state index is 0.774. The topological polar surface area (TPSA) is 17.3 Å². The summed E-state index contributed by atoms with van der Waals surface area (Å²) in [4.78, 5) is 0. The van der Waals surface area contributed by atoms with Gasteiger partial charge in [-0.25, -0.2) is 4.68 Å². The van der Waals surface area contributed by atoms with E-state index in [1.165, 1.54) is 11.3 Å². The van der Waals surface area contributed by atoms with Gasteiger partial charge in [0.1, 0.15) is 4.34 Å². The van der Waals surface area contributed by atoms with Crippen LogP contribution >= 0.6 is 22.9 Å². The third kappa shape index (κ3) is 1.99. The third-order valence-electron chi connectivity index (χ3n) is 1.56. The smallest absolute Gasteiger partial charge is 0.102 e. The minimum atomic E-state index is 0.774. The zero-order valence-corrected chi connectivity index (χ0v) is 8.29. The maximum absolute atomic E-state index is 5.90. The first-order valence-corrected chi connectivity index (χ1v) is 5.02. The molecule has 0 aliphatic heterocycles. The molecule has 13 heavy (non-hydrogen) atoms. The average molecular weight is 211 g/mol. The lowest BCUT2D eigenvalue weighted by molar-refractivity contribution is 0.895. The molecule has 2 rings (SSSR count). The van der Waals surface area contributed by atoms with E-state index in [0.29, 0.717) is 0 Å². The Balaban J connectivity index is 2.19. The summed E-state index contributed by atoms with van der Waals surface area (Å²) in [5, 5.41) is 6.13. The Morgan fingerprint density at radius 3 is 2.77 bits per heavy atom. The van der Waals surface area contributed by atoms with Crippen LogP contribution in [-0.4, -0.2) is 10.9 Å². The van der Waals surface area contributed by atoms with Gasteiger partial charge < -0.3 is 0 Å². The Labute approximate surface area is 85.1 Å². The van der Waals surface area contributed by atoms with Crippen LogP contribution in [0.2, 0.25) is 4.34 Å². The van der Waals surface area contributed by atoms with Crippen LogP contribution in [0, 0.1) is 0 Å². The van der Waals surface area contributed by atoms with Crippen molar-refractivity contribution in [1.82, 2.24) is 4.68 Å². The van der Waals surface area contributed by atoms with Gasteiger partial charge in [0.2, 0.25) is 0 Å². The summed E-state index contributed by atoms with van der Waals surface area (Å²) in [5.74, 6) is 0. The van der Waals surface area contributed by atoms with Crippen molar-refractivity contribution in [2.45, 2.75) is 0 Å². The number of rotatable bonds is 2. The molecule has 2 nitrogen and oxygen atoms in total. The highest BCUT2D eigenvalue weighted by Crippen LogP contribution is 2.20. The molecular weight excluding hydrogens is 204 g/mol. The molecule has 66 valence electrons.